The highest BCUT2D eigenvalue weighted by molar-refractivity contribution is 9.10. The van der Waals surface area contributed by atoms with Crippen molar-refractivity contribution in [2.24, 2.45) is 0 Å². The number of ether oxygens (including phenoxy) is 1. The summed E-state index contributed by atoms with van der Waals surface area (Å²) in [5.74, 6) is 0.143. The van der Waals surface area contributed by atoms with Crippen LogP contribution in [0.3, 0.4) is 0 Å². The van der Waals surface area contributed by atoms with Gasteiger partial charge in [-0.2, -0.15) is 0 Å². The van der Waals surface area contributed by atoms with Gasteiger partial charge >= 0.3 is 0 Å². The molecule has 0 aliphatic heterocycles. The summed E-state index contributed by atoms with van der Waals surface area (Å²) < 4.78 is 27.3. The average Bonchev–Trinajstić information content (AvgIpc) is 2.15. The van der Waals surface area contributed by atoms with Gasteiger partial charge < -0.3 is 4.74 Å². The van der Waals surface area contributed by atoms with E-state index in [1.807, 2.05) is 0 Å². The molecule has 6 nitrogen and oxygen atoms in total. The topological polar surface area (TPSA) is 86.5 Å². The SMILES string of the molecule is COc1cc(S(=O)(=O)Cl)c([N+](=O)[O-])cc1Br. The van der Waals surface area contributed by atoms with Crippen LogP contribution < -0.4 is 4.74 Å². The zero-order chi connectivity index (χ0) is 12.5. The lowest BCUT2D eigenvalue weighted by molar-refractivity contribution is -0.387. The Morgan fingerprint density at radius 3 is 2.44 bits per heavy atom. The van der Waals surface area contributed by atoms with Crippen molar-refractivity contribution in [3.8, 4) is 5.75 Å². The van der Waals surface area contributed by atoms with Gasteiger partial charge in [-0.1, -0.05) is 0 Å². The van der Waals surface area contributed by atoms with Crippen LogP contribution in [-0.4, -0.2) is 20.5 Å². The highest BCUT2D eigenvalue weighted by Gasteiger charge is 2.26. The van der Waals surface area contributed by atoms with Crippen molar-refractivity contribution in [2.75, 3.05) is 7.11 Å². The lowest BCUT2D eigenvalue weighted by Gasteiger charge is -2.05. The zero-order valence-electron chi connectivity index (χ0n) is 7.81. The van der Waals surface area contributed by atoms with Crippen molar-refractivity contribution < 1.29 is 18.1 Å². The minimum absolute atomic E-state index is 0.143. The molecule has 16 heavy (non-hydrogen) atoms. The number of hydrogen-bond acceptors (Lipinski definition) is 5. The summed E-state index contributed by atoms with van der Waals surface area (Å²) in [4.78, 5) is 9.21. The molecular weight excluding hydrogens is 326 g/mol. The van der Waals surface area contributed by atoms with Crippen molar-refractivity contribution >= 4 is 41.4 Å². The smallest absolute Gasteiger partial charge is 0.290 e. The quantitative estimate of drug-likeness (QED) is 0.482. The van der Waals surface area contributed by atoms with E-state index < -0.39 is 24.6 Å². The first kappa shape index (κ1) is 13.2. The predicted octanol–water partition coefficient (Wildman–Crippen LogP) is 2.29. The first-order valence-electron chi connectivity index (χ1n) is 3.74. The maximum Gasteiger partial charge on any atom is 0.290 e. The Morgan fingerprint density at radius 2 is 2.06 bits per heavy atom. The van der Waals surface area contributed by atoms with Crippen LogP contribution in [0.5, 0.6) is 5.75 Å². The molecule has 88 valence electrons. The van der Waals surface area contributed by atoms with Crippen molar-refractivity contribution in [1.82, 2.24) is 0 Å². The van der Waals surface area contributed by atoms with Crippen LogP contribution in [-0.2, 0) is 9.05 Å². The number of nitrogens with zero attached hydrogens (tertiary/aromatic N) is 1. The maximum atomic E-state index is 11.1. The van der Waals surface area contributed by atoms with Crippen LogP contribution in [0.4, 0.5) is 5.69 Å². The summed E-state index contributed by atoms with van der Waals surface area (Å²) >= 11 is 3.01. The first-order chi connectivity index (χ1) is 7.27. The highest BCUT2D eigenvalue weighted by atomic mass is 79.9. The molecule has 0 N–H and O–H groups in total. The second-order valence-electron chi connectivity index (χ2n) is 2.65. The van der Waals surface area contributed by atoms with Crippen LogP contribution in [0.25, 0.3) is 0 Å². The van der Waals surface area contributed by atoms with Crippen LogP contribution in [0.1, 0.15) is 0 Å². The molecule has 0 radical (unpaired) electrons. The lowest BCUT2D eigenvalue weighted by Crippen LogP contribution is -2.00. The number of halogens is 2. The van der Waals surface area contributed by atoms with Crippen LogP contribution in [0, 0.1) is 10.1 Å². The maximum absolute atomic E-state index is 11.1. The van der Waals surface area contributed by atoms with Crippen LogP contribution in [0.15, 0.2) is 21.5 Å². The van der Waals surface area contributed by atoms with Gasteiger partial charge in [0.1, 0.15) is 5.75 Å². The van der Waals surface area contributed by atoms with E-state index in [0.717, 1.165) is 12.1 Å². The summed E-state index contributed by atoms with van der Waals surface area (Å²) in [7, 11) is 2.19. The Labute approximate surface area is 104 Å². The third-order valence-electron chi connectivity index (χ3n) is 1.69. The van der Waals surface area contributed by atoms with Gasteiger partial charge in [-0.25, -0.2) is 8.42 Å². The molecule has 1 rings (SSSR count). The fourth-order valence-corrected chi connectivity index (χ4v) is 2.51. The van der Waals surface area contributed by atoms with Crippen LogP contribution >= 0.6 is 26.6 Å². The van der Waals surface area contributed by atoms with Gasteiger partial charge in [-0.3, -0.25) is 10.1 Å². The fourth-order valence-electron chi connectivity index (χ4n) is 1.02. The van der Waals surface area contributed by atoms with Crippen molar-refractivity contribution in [3.05, 3.63) is 26.7 Å². The molecule has 0 saturated carbocycles. The van der Waals surface area contributed by atoms with Crippen LogP contribution in [0.2, 0.25) is 0 Å². The first-order valence-corrected chi connectivity index (χ1v) is 6.84. The number of nitro groups is 1. The highest BCUT2D eigenvalue weighted by Crippen LogP contribution is 2.36. The molecule has 9 heteroatoms. The summed E-state index contributed by atoms with van der Waals surface area (Å²) in [6.45, 7) is 0. The van der Waals surface area contributed by atoms with Gasteiger partial charge in [0.05, 0.1) is 16.5 Å². The van der Waals surface area contributed by atoms with Crippen molar-refractivity contribution in [2.45, 2.75) is 4.90 Å². The molecule has 0 bridgehead atoms. The average molecular weight is 331 g/mol. The molecule has 0 aromatic heterocycles. The van der Waals surface area contributed by atoms with E-state index in [0.29, 0.717) is 0 Å². The molecule has 0 aliphatic carbocycles. The van der Waals surface area contributed by atoms with Crippen molar-refractivity contribution in [1.29, 1.82) is 0 Å². The Hall–Kier alpha value is -0.860. The largest absolute Gasteiger partial charge is 0.496 e. The summed E-state index contributed by atoms with van der Waals surface area (Å²) in [6, 6.07) is 2.01. The molecule has 0 aliphatic rings. The Kier molecular flexibility index (Phi) is 3.76. The summed E-state index contributed by atoms with van der Waals surface area (Å²) in [5.41, 5.74) is -0.609. The van der Waals surface area contributed by atoms with E-state index in [1.54, 1.807) is 0 Å². The minimum Gasteiger partial charge on any atom is -0.496 e. The van der Waals surface area contributed by atoms with E-state index in [1.165, 1.54) is 7.11 Å². The summed E-state index contributed by atoms with van der Waals surface area (Å²) in [6.07, 6.45) is 0. The minimum atomic E-state index is -4.20. The van der Waals surface area contributed by atoms with Crippen molar-refractivity contribution in [3.63, 3.8) is 0 Å². The second-order valence-corrected chi connectivity index (χ2v) is 6.04. The van der Waals surface area contributed by atoms with Gasteiger partial charge in [0.25, 0.3) is 14.7 Å². The second kappa shape index (κ2) is 4.56. The molecule has 1 aromatic carbocycles. The third kappa shape index (κ3) is 2.63. The summed E-state index contributed by atoms with van der Waals surface area (Å²) in [5, 5.41) is 10.6. The standard InChI is InChI=1S/C7H5BrClNO5S/c1-15-6-3-7(16(9,13)14)5(10(11)12)2-4(6)8/h2-3H,1H3. The number of nitro benzene ring substituents is 1. The molecular formula is C7H5BrClNO5S. The number of methoxy groups -OCH3 is 1. The third-order valence-corrected chi connectivity index (χ3v) is 3.66. The fraction of sp³-hybridized carbons (Fsp3) is 0.143. The molecule has 0 heterocycles. The Morgan fingerprint density at radius 1 is 1.50 bits per heavy atom. The number of benzene rings is 1. The Bertz CT molecular complexity index is 544. The number of rotatable bonds is 3. The lowest BCUT2D eigenvalue weighted by atomic mass is 10.3. The van der Waals surface area contributed by atoms with Gasteiger partial charge in [0, 0.05) is 22.8 Å². The molecule has 0 fully saturated rings. The van der Waals surface area contributed by atoms with Gasteiger partial charge in [-0.05, 0) is 15.9 Å². The molecule has 0 atom stereocenters. The monoisotopic (exact) mass is 329 g/mol. The molecule has 1 aromatic rings. The van der Waals surface area contributed by atoms with E-state index in [4.69, 9.17) is 15.4 Å². The molecule has 0 unspecified atom stereocenters. The zero-order valence-corrected chi connectivity index (χ0v) is 11.0. The van der Waals surface area contributed by atoms with Gasteiger partial charge in [0.15, 0.2) is 4.90 Å². The van der Waals surface area contributed by atoms with E-state index in [9.17, 15) is 18.5 Å². The van der Waals surface area contributed by atoms with Gasteiger partial charge in [0.2, 0.25) is 0 Å². The predicted molar refractivity (Wildman–Crippen MR) is 60.4 cm³/mol. The molecule has 0 amide bonds. The molecule has 0 saturated heterocycles. The van der Waals surface area contributed by atoms with Gasteiger partial charge in [-0.15, -0.1) is 0 Å². The van der Waals surface area contributed by atoms with E-state index in [-0.39, 0.29) is 10.2 Å². The Balaban J connectivity index is 3.62. The molecule has 0 spiro atoms. The number of hydrogen-bond donors (Lipinski definition) is 0. The van der Waals surface area contributed by atoms with E-state index in [2.05, 4.69) is 15.9 Å². The van der Waals surface area contributed by atoms with E-state index >= 15 is 0 Å². The normalized spacial score (nSPS) is 11.2.